The molecule has 0 saturated carbocycles. The molecule has 0 bridgehead atoms. The molecule has 0 aromatic heterocycles. The third-order valence-electron chi connectivity index (χ3n) is 2.70. The number of hydrogen-bond donors (Lipinski definition) is 1. The van der Waals surface area contributed by atoms with Gasteiger partial charge in [-0.25, -0.2) is 0 Å². The molecule has 1 aliphatic heterocycles. The van der Waals surface area contributed by atoms with Crippen LogP contribution in [0.3, 0.4) is 0 Å². The maximum Gasteiger partial charge on any atom is 0.220 e. The van der Waals surface area contributed by atoms with Crippen LogP contribution in [0, 0.1) is 0 Å². The Hall–Kier alpha value is -1.31. The lowest BCUT2D eigenvalue weighted by Crippen LogP contribution is -2.24. The number of carbonyl (C=O) groups excluding carboxylic acids is 1. The molecule has 68 valence electrons. The van der Waals surface area contributed by atoms with E-state index >= 15 is 0 Å². The lowest BCUT2D eigenvalue weighted by molar-refractivity contribution is -0.119. The topological polar surface area (TPSA) is 29.1 Å². The van der Waals surface area contributed by atoms with E-state index in [1.165, 1.54) is 5.56 Å². The van der Waals surface area contributed by atoms with Gasteiger partial charge in [-0.15, -0.1) is 0 Å². The van der Waals surface area contributed by atoms with Crippen molar-refractivity contribution in [3.63, 3.8) is 0 Å². The van der Waals surface area contributed by atoms with Gasteiger partial charge in [-0.3, -0.25) is 4.79 Å². The summed E-state index contributed by atoms with van der Waals surface area (Å²) in [5.74, 6) is 0.159. The van der Waals surface area contributed by atoms with E-state index in [9.17, 15) is 4.79 Å². The minimum Gasteiger partial charge on any atom is -0.355 e. The Bertz CT molecular complexity index is 320. The van der Waals surface area contributed by atoms with Crippen LogP contribution < -0.4 is 5.32 Å². The predicted octanol–water partition coefficient (Wildman–Crippen LogP) is 1.46. The minimum atomic E-state index is -0.00164. The summed E-state index contributed by atoms with van der Waals surface area (Å²) in [6.07, 6.45) is 0.608. The highest BCUT2D eigenvalue weighted by atomic mass is 16.1. The van der Waals surface area contributed by atoms with Crippen molar-refractivity contribution in [1.29, 1.82) is 0 Å². The second kappa shape index (κ2) is 2.87. The molecule has 0 aliphatic carbocycles. The van der Waals surface area contributed by atoms with Crippen molar-refractivity contribution in [3.8, 4) is 0 Å². The Morgan fingerprint density at radius 2 is 2.00 bits per heavy atom. The van der Waals surface area contributed by atoms with Crippen LogP contribution in [0.4, 0.5) is 0 Å². The molecule has 1 heterocycles. The first-order chi connectivity index (χ1) is 6.21. The van der Waals surface area contributed by atoms with E-state index in [1.807, 2.05) is 18.2 Å². The normalized spacial score (nSPS) is 27.3. The summed E-state index contributed by atoms with van der Waals surface area (Å²) < 4.78 is 0. The van der Waals surface area contributed by atoms with Gasteiger partial charge in [0.25, 0.3) is 0 Å². The van der Waals surface area contributed by atoms with Gasteiger partial charge in [0.05, 0.1) is 0 Å². The summed E-state index contributed by atoms with van der Waals surface area (Å²) >= 11 is 0. The molecule has 1 saturated heterocycles. The smallest absolute Gasteiger partial charge is 0.220 e. The first-order valence-corrected chi connectivity index (χ1v) is 4.53. The van der Waals surface area contributed by atoms with Gasteiger partial charge in [0, 0.05) is 18.4 Å². The van der Waals surface area contributed by atoms with Gasteiger partial charge in [0.2, 0.25) is 5.91 Å². The number of hydrogen-bond acceptors (Lipinski definition) is 1. The molecule has 2 rings (SSSR count). The van der Waals surface area contributed by atoms with Crippen LogP contribution in [0.5, 0.6) is 0 Å². The molecule has 1 aromatic carbocycles. The second-order valence-electron chi connectivity index (χ2n) is 3.88. The third kappa shape index (κ3) is 1.44. The summed E-state index contributed by atoms with van der Waals surface area (Å²) in [5.41, 5.74) is 1.24. The summed E-state index contributed by atoms with van der Waals surface area (Å²) in [5, 5.41) is 2.87. The van der Waals surface area contributed by atoms with Crippen molar-refractivity contribution in [2.24, 2.45) is 0 Å². The molecule has 1 atom stereocenters. The van der Waals surface area contributed by atoms with Crippen LogP contribution in [-0.4, -0.2) is 12.5 Å². The Morgan fingerprint density at radius 3 is 2.54 bits per heavy atom. The van der Waals surface area contributed by atoms with E-state index in [0.717, 1.165) is 6.54 Å². The molecule has 1 aliphatic rings. The van der Waals surface area contributed by atoms with E-state index in [4.69, 9.17) is 0 Å². The fourth-order valence-electron chi connectivity index (χ4n) is 1.82. The van der Waals surface area contributed by atoms with Crippen molar-refractivity contribution in [1.82, 2.24) is 5.32 Å². The summed E-state index contributed by atoms with van der Waals surface area (Å²) in [6.45, 7) is 2.88. The van der Waals surface area contributed by atoms with Gasteiger partial charge in [0.15, 0.2) is 0 Å². The average molecular weight is 175 g/mol. The Labute approximate surface area is 78.0 Å². The van der Waals surface area contributed by atoms with E-state index in [1.54, 1.807) is 0 Å². The largest absolute Gasteiger partial charge is 0.355 e. The van der Waals surface area contributed by atoms with Crippen LogP contribution in [0.25, 0.3) is 0 Å². The minimum absolute atomic E-state index is 0.00164. The fourth-order valence-corrected chi connectivity index (χ4v) is 1.82. The van der Waals surface area contributed by atoms with Gasteiger partial charge in [-0.05, 0) is 5.56 Å². The average Bonchev–Trinajstić information content (AvgIpc) is 2.49. The van der Waals surface area contributed by atoms with Crippen molar-refractivity contribution in [3.05, 3.63) is 35.9 Å². The van der Waals surface area contributed by atoms with Crippen molar-refractivity contribution < 1.29 is 4.79 Å². The maximum atomic E-state index is 11.1. The molecular formula is C11H13NO. The van der Waals surface area contributed by atoms with Crippen LogP contribution in [0.1, 0.15) is 18.9 Å². The predicted molar refractivity (Wildman–Crippen MR) is 51.4 cm³/mol. The highest BCUT2D eigenvalue weighted by Crippen LogP contribution is 2.29. The highest BCUT2D eigenvalue weighted by Gasteiger charge is 2.34. The third-order valence-corrected chi connectivity index (χ3v) is 2.70. The Kier molecular flexibility index (Phi) is 1.83. The van der Waals surface area contributed by atoms with Gasteiger partial charge < -0.3 is 5.32 Å². The molecule has 0 spiro atoms. The van der Waals surface area contributed by atoms with Crippen molar-refractivity contribution >= 4 is 5.91 Å². The molecule has 1 fully saturated rings. The van der Waals surface area contributed by atoms with Crippen LogP contribution in [0.2, 0.25) is 0 Å². The Balaban J connectivity index is 2.31. The first kappa shape index (κ1) is 8.30. The van der Waals surface area contributed by atoms with Crippen molar-refractivity contribution in [2.45, 2.75) is 18.8 Å². The highest BCUT2D eigenvalue weighted by molar-refractivity contribution is 5.80. The zero-order chi connectivity index (χ0) is 9.31. The quantitative estimate of drug-likeness (QED) is 0.688. The van der Waals surface area contributed by atoms with Crippen LogP contribution in [-0.2, 0) is 10.2 Å². The number of benzene rings is 1. The SMILES string of the molecule is C[C@]1(c2ccccc2)CNC(=O)C1. The van der Waals surface area contributed by atoms with Crippen LogP contribution in [0.15, 0.2) is 30.3 Å². The first-order valence-electron chi connectivity index (χ1n) is 4.53. The zero-order valence-corrected chi connectivity index (χ0v) is 7.71. The van der Waals surface area contributed by atoms with E-state index in [0.29, 0.717) is 6.42 Å². The van der Waals surface area contributed by atoms with E-state index < -0.39 is 0 Å². The van der Waals surface area contributed by atoms with Gasteiger partial charge in [-0.1, -0.05) is 37.3 Å². The molecule has 1 N–H and O–H groups in total. The molecule has 1 amide bonds. The molecular weight excluding hydrogens is 162 g/mol. The fraction of sp³-hybridized carbons (Fsp3) is 0.364. The van der Waals surface area contributed by atoms with Gasteiger partial charge in [-0.2, -0.15) is 0 Å². The number of rotatable bonds is 1. The van der Waals surface area contributed by atoms with Crippen LogP contribution >= 0.6 is 0 Å². The standard InChI is InChI=1S/C11H13NO/c1-11(7-10(13)12-8-11)9-5-3-2-4-6-9/h2-6H,7-8H2,1H3,(H,12,13)/t11-/m1/s1. The zero-order valence-electron chi connectivity index (χ0n) is 7.71. The molecule has 2 heteroatoms. The summed E-state index contributed by atoms with van der Waals surface area (Å²) in [6, 6.07) is 10.2. The number of nitrogens with one attached hydrogen (secondary N) is 1. The molecule has 0 radical (unpaired) electrons. The molecule has 13 heavy (non-hydrogen) atoms. The van der Waals surface area contributed by atoms with Gasteiger partial charge in [0.1, 0.15) is 0 Å². The molecule has 0 unspecified atom stereocenters. The second-order valence-corrected chi connectivity index (χ2v) is 3.88. The van der Waals surface area contributed by atoms with E-state index in [2.05, 4.69) is 24.4 Å². The molecule has 1 aromatic rings. The summed E-state index contributed by atoms with van der Waals surface area (Å²) in [4.78, 5) is 11.1. The number of amides is 1. The molecule has 2 nitrogen and oxygen atoms in total. The lowest BCUT2D eigenvalue weighted by atomic mass is 9.82. The van der Waals surface area contributed by atoms with E-state index in [-0.39, 0.29) is 11.3 Å². The van der Waals surface area contributed by atoms with Crippen molar-refractivity contribution in [2.75, 3.05) is 6.54 Å². The Morgan fingerprint density at radius 1 is 1.31 bits per heavy atom. The lowest BCUT2D eigenvalue weighted by Gasteiger charge is -2.21. The number of carbonyl (C=O) groups is 1. The monoisotopic (exact) mass is 175 g/mol. The van der Waals surface area contributed by atoms with Gasteiger partial charge >= 0.3 is 0 Å². The summed E-state index contributed by atoms with van der Waals surface area (Å²) in [7, 11) is 0. The maximum absolute atomic E-state index is 11.1.